The predicted molar refractivity (Wildman–Crippen MR) is 79.0 cm³/mol. The SMILES string of the molecule is COc1ccc(Cl)cc1C(CN)C(O)c1cccnc1. The van der Waals surface area contributed by atoms with Crippen LogP contribution in [0.3, 0.4) is 0 Å². The van der Waals surface area contributed by atoms with Gasteiger partial charge in [0.05, 0.1) is 13.2 Å². The number of aliphatic hydroxyl groups is 1. The predicted octanol–water partition coefficient (Wildman–Crippen LogP) is 2.52. The standard InChI is InChI=1S/C15H17ClN2O2/c1-20-14-5-4-11(16)7-12(14)13(8-17)15(19)10-3-2-6-18-9-10/h2-7,9,13,15,19H,8,17H2,1H3. The van der Waals surface area contributed by atoms with Crippen molar-refractivity contribution in [2.24, 2.45) is 5.73 Å². The molecule has 5 heteroatoms. The molecule has 0 saturated carbocycles. The smallest absolute Gasteiger partial charge is 0.122 e. The highest BCUT2D eigenvalue weighted by molar-refractivity contribution is 6.30. The summed E-state index contributed by atoms with van der Waals surface area (Å²) in [4.78, 5) is 4.02. The quantitative estimate of drug-likeness (QED) is 0.888. The summed E-state index contributed by atoms with van der Waals surface area (Å²) in [5.41, 5.74) is 7.34. The van der Waals surface area contributed by atoms with E-state index in [0.717, 1.165) is 5.56 Å². The van der Waals surface area contributed by atoms with Crippen molar-refractivity contribution in [2.75, 3.05) is 13.7 Å². The number of hydrogen-bond acceptors (Lipinski definition) is 4. The highest BCUT2D eigenvalue weighted by Crippen LogP contribution is 2.36. The van der Waals surface area contributed by atoms with Gasteiger partial charge in [0, 0.05) is 35.4 Å². The largest absolute Gasteiger partial charge is 0.496 e. The molecule has 0 aliphatic carbocycles. The fourth-order valence-corrected chi connectivity index (χ4v) is 2.38. The molecule has 0 aliphatic heterocycles. The van der Waals surface area contributed by atoms with Crippen LogP contribution in [0.2, 0.25) is 5.02 Å². The monoisotopic (exact) mass is 292 g/mol. The van der Waals surface area contributed by atoms with Crippen molar-refractivity contribution in [1.82, 2.24) is 4.98 Å². The fraction of sp³-hybridized carbons (Fsp3) is 0.267. The lowest BCUT2D eigenvalue weighted by Gasteiger charge is -2.24. The Morgan fingerprint density at radius 2 is 2.20 bits per heavy atom. The summed E-state index contributed by atoms with van der Waals surface area (Å²) in [7, 11) is 1.58. The Kier molecular flexibility index (Phi) is 4.95. The second-order valence-corrected chi connectivity index (χ2v) is 4.90. The van der Waals surface area contributed by atoms with Crippen LogP contribution in [0.25, 0.3) is 0 Å². The molecule has 0 aliphatic rings. The molecule has 1 heterocycles. The number of benzene rings is 1. The van der Waals surface area contributed by atoms with Gasteiger partial charge in [-0.1, -0.05) is 17.7 Å². The Hall–Kier alpha value is -1.62. The third-order valence-electron chi connectivity index (χ3n) is 3.25. The number of aliphatic hydroxyl groups excluding tert-OH is 1. The molecular formula is C15H17ClN2O2. The lowest BCUT2D eigenvalue weighted by molar-refractivity contribution is 0.145. The highest BCUT2D eigenvalue weighted by atomic mass is 35.5. The van der Waals surface area contributed by atoms with Crippen molar-refractivity contribution in [3.63, 3.8) is 0 Å². The summed E-state index contributed by atoms with van der Waals surface area (Å²) in [5.74, 6) is 0.348. The minimum absolute atomic E-state index is 0.271. The van der Waals surface area contributed by atoms with Gasteiger partial charge in [-0.25, -0.2) is 0 Å². The maximum atomic E-state index is 10.5. The van der Waals surface area contributed by atoms with E-state index in [-0.39, 0.29) is 12.5 Å². The average Bonchev–Trinajstić information content (AvgIpc) is 2.49. The van der Waals surface area contributed by atoms with Gasteiger partial charge >= 0.3 is 0 Å². The third kappa shape index (κ3) is 3.10. The second kappa shape index (κ2) is 6.70. The van der Waals surface area contributed by atoms with E-state index in [9.17, 15) is 5.11 Å². The Bertz CT molecular complexity index is 563. The molecule has 0 radical (unpaired) electrons. The lowest BCUT2D eigenvalue weighted by atomic mass is 9.89. The van der Waals surface area contributed by atoms with Crippen LogP contribution >= 0.6 is 11.6 Å². The van der Waals surface area contributed by atoms with Crippen molar-refractivity contribution in [3.8, 4) is 5.75 Å². The van der Waals surface area contributed by atoms with Gasteiger partial charge in [-0.3, -0.25) is 4.98 Å². The molecule has 0 spiro atoms. The highest BCUT2D eigenvalue weighted by Gasteiger charge is 2.24. The van der Waals surface area contributed by atoms with Gasteiger partial charge in [0.2, 0.25) is 0 Å². The molecule has 106 valence electrons. The van der Waals surface area contributed by atoms with Gasteiger partial charge in [-0.2, -0.15) is 0 Å². The molecule has 0 fully saturated rings. The molecule has 0 amide bonds. The molecule has 2 atom stereocenters. The van der Waals surface area contributed by atoms with Crippen molar-refractivity contribution < 1.29 is 9.84 Å². The van der Waals surface area contributed by atoms with Gasteiger partial charge in [-0.05, 0) is 29.8 Å². The first-order valence-corrected chi connectivity index (χ1v) is 6.66. The van der Waals surface area contributed by atoms with E-state index in [2.05, 4.69) is 4.98 Å². The Balaban J connectivity index is 2.40. The molecule has 20 heavy (non-hydrogen) atoms. The van der Waals surface area contributed by atoms with Crippen LogP contribution in [0.5, 0.6) is 5.75 Å². The van der Waals surface area contributed by atoms with E-state index in [0.29, 0.717) is 16.3 Å². The molecule has 1 aromatic heterocycles. The van der Waals surface area contributed by atoms with E-state index < -0.39 is 6.10 Å². The number of ether oxygens (including phenoxy) is 1. The van der Waals surface area contributed by atoms with Crippen LogP contribution in [0.15, 0.2) is 42.7 Å². The Morgan fingerprint density at radius 1 is 1.40 bits per heavy atom. The summed E-state index contributed by atoms with van der Waals surface area (Å²) in [6.45, 7) is 0.271. The zero-order valence-corrected chi connectivity index (χ0v) is 11.9. The number of pyridine rings is 1. The van der Waals surface area contributed by atoms with Crippen molar-refractivity contribution in [1.29, 1.82) is 0 Å². The first-order valence-electron chi connectivity index (χ1n) is 6.29. The maximum Gasteiger partial charge on any atom is 0.122 e. The molecule has 3 N–H and O–H groups in total. The summed E-state index contributed by atoms with van der Waals surface area (Å²) < 4.78 is 5.33. The van der Waals surface area contributed by atoms with Crippen LogP contribution in [0, 0.1) is 0 Å². The molecule has 2 rings (SSSR count). The zero-order chi connectivity index (χ0) is 14.5. The van der Waals surface area contributed by atoms with Gasteiger partial charge in [0.25, 0.3) is 0 Å². The van der Waals surface area contributed by atoms with Crippen molar-refractivity contribution in [3.05, 3.63) is 58.9 Å². The first kappa shape index (κ1) is 14.8. The minimum atomic E-state index is -0.763. The molecular weight excluding hydrogens is 276 g/mol. The summed E-state index contributed by atoms with van der Waals surface area (Å²) in [5, 5.41) is 11.1. The van der Waals surface area contributed by atoms with Crippen LogP contribution in [-0.2, 0) is 0 Å². The minimum Gasteiger partial charge on any atom is -0.496 e. The lowest BCUT2D eigenvalue weighted by Crippen LogP contribution is -2.21. The Labute approximate surface area is 123 Å². The molecule has 2 unspecified atom stereocenters. The average molecular weight is 293 g/mol. The van der Waals surface area contributed by atoms with Crippen molar-refractivity contribution >= 4 is 11.6 Å². The van der Waals surface area contributed by atoms with Gasteiger partial charge in [0.1, 0.15) is 5.75 Å². The third-order valence-corrected chi connectivity index (χ3v) is 3.49. The normalized spacial score (nSPS) is 13.8. The van der Waals surface area contributed by atoms with Crippen LogP contribution < -0.4 is 10.5 Å². The second-order valence-electron chi connectivity index (χ2n) is 4.46. The molecule has 2 aromatic rings. The van der Waals surface area contributed by atoms with E-state index >= 15 is 0 Å². The van der Waals surface area contributed by atoms with Gasteiger partial charge in [0.15, 0.2) is 0 Å². The van der Waals surface area contributed by atoms with E-state index in [1.54, 1.807) is 43.8 Å². The van der Waals surface area contributed by atoms with Gasteiger partial charge < -0.3 is 15.6 Å². The maximum absolute atomic E-state index is 10.5. The molecule has 4 nitrogen and oxygen atoms in total. The number of nitrogens with two attached hydrogens (primary N) is 1. The first-order chi connectivity index (χ1) is 9.67. The number of hydrogen-bond donors (Lipinski definition) is 2. The topological polar surface area (TPSA) is 68.4 Å². The Morgan fingerprint density at radius 3 is 2.80 bits per heavy atom. The molecule has 0 bridgehead atoms. The zero-order valence-electron chi connectivity index (χ0n) is 11.2. The summed E-state index contributed by atoms with van der Waals surface area (Å²) >= 11 is 6.04. The molecule has 0 saturated heterocycles. The fourth-order valence-electron chi connectivity index (χ4n) is 2.20. The number of rotatable bonds is 5. The van der Waals surface area contributed by atoms with Crippen molar-refractivity contribution in [2.45, 2.75) is 12.0 Å². The van der Waals surface area contributed by atoms with Crippen LogP contribution in [-0.4, -0.2) is 23.7 Å². The van der Waals surface area contributed by atoms with Crippen LogP contribution in [0.4, 0.5) is 0 Å². The molecule has 1 aromatic carbocycles. The van der Waals surface area contributed by atoms with E-state index in [1.165, 1.54) is 0 Å². The number of aromatic nitrogens is 1. The number of methoxy groups -OCH3 is 1. The van der Waals surface area contributed by atoms with E-state index in [4.69, 9.17) is 22.1 Å². The van der Waals surface area contributed by atoms with Gasteiger partial charge in [-0.15, -0.1) is 0 Å². The summed E-state index contributed by atoms with van der Waals surface area (Å²) in [6.07, 6.45) is 2.53. The number of halogens is 1. The number of nitrogens with zero attached hydrogens (tertiary/aromatic N) is 1. The van der Waals surface area contributed by atoms with Crippen LogP contribution in [0.1, 0.15) is 23.1 Å². The van der Waals surface area contributed by atoms with E-state index in [1.807, 2.05) is 6.07 Å². The summed E-state index contributed by atoms with van der Waals surface area (Å²) in [6, 6.07) is 8.89.